The van der Waals surface area contributed by atoms with Gasteiger partial charge >= 0.3 is 0 Å². The van der Waals surface area contributed by atoms with Gasteiger partial charge < -0.3 is 10.5 Å². The first-order chi connectivity index (χ1) is 8.13. The minimum Gasteiger partial charge on any atom is -0.385 e. The summed E-state index contributed by atoms with van der Waals surface area (Å²) in [5.41, 5.74) is 5.83. The number of anilines is 1. The summed E-state index contributed by atoms with van der Waals surface area (Å²) in [4.78, 5) is 12.2. The number of nitrogens with two attached hydrogens (primary N) is 1. The van der Waals surface area contributed by atoms with E-state index in [1.54, 1.807) is 11.7 Å². The van der Waals surface area contributed by atoms with Gasteiger partial charge in [-0.2, -0.15) is 0 Å². The molecule has 0 radical (unpaired) electrons. The first-order valence-electron chi connectivity index (χ1n) is 5.54. The highest BCUT2D eigenvalue weighted by molar-refractivity contribution is 5.83. The molecule has 1 unspecified atom stereocenters. The fourth-order valence-corrected chi connectivity index (χ4v) is 1.84. The molecule has 90 valence electrons. The van der Waals surface area contributed by atoms with Crippen LogP contribution in [-0.2, 0) is 11.3 Å². The van der Waals surface area contributed by atoms with E-state index in [0.717, 1.165) is 5.39 Å². The first-order valence-corrected chi connectivity index (χ1v) is 5.54. The molecule has 0 bridgehead atoms. The van der Waals surface area contributed by atoms with E-state index < -0.39 is 0 Å². The van der Waals surface area contributed by atoms with Gasteiger partial charge in [0.15, 0.2) is 0 Å². The van der Waals surface area contributed by atoms with E-state index in [2.05, 4.69) is 0 Å². The minimum absolute atomic E-state index is 0.0452. The Bertz CT molecular complexity index is 589. The average Bonchev–Trinajstić information content (AvgIpc) is 2.34. The van der Waals surface area contributed by atoms with Crippen molar-refractivity contribution in [2.45, 2.75) is 19.6 Å². The molecule has 0 aliphatic carbocycles. The normalized spacial score (nSPS) is 12.8. The topological polar surface area (TPSA) is 57.2 Å². The van der Waals surface area contributed by atoms with Gasteiger partial charge in [0.2, 0.25) is 0 Å². The van der Waals surface area contributed by atoms with Crippen molar-refractivity contribution in [2.75, 3.05) is 12.8 Å². The smallest absolute Gasteiger partial charge is 0.260 e. The average molecular weight is 232 g/mol. The second kappa shape index (κ2) is 4.59. The molecule has 4 heteroatoms. The van der Waals surface area contributed by atoms with Crippen molar-refractivity contribution in [3.8, 4) is 0 Å². The van der Waals surface area contributed by atoms with Crippen LogP contribution in [0, 0.1) is 0 Å². The van der Waals surface area contributed by atoms with Crippen molar-refractivity contribution in [1.29, 1.82) is 0 Å². The first kappa shape index (κ1) is 11.7. The van der Waals surface area contributed by atoms with Crippen LogP contribution in [0.4, 0.5) is 5.82 Å². The predicted octanol–water partition coefficient (Wildman–Crippen LogP) is 1.62. The molecule has 0 spiro atoms. The molecule has 0 amide bonds. The largest absolute Gasteiger partial charge is 0.385 e. The van der Waals surface area contributed by atoms with E-state index in [4.69, 9.17) is 10.5 Å². The van der Waals surface area contributed by atoms with E-state index in [1.165, 1.54) is 0 Å². The molecule has 1 aromatic carbocycles. The van der Waals surface area contributed by atoms with Crippen LogP contribution >= 0.6 is 0 Å². The SMILES string of the molecule is COC(C)Cn1c(N)cc2ccccc2c1=O. The summed E-state index contributed by atoms with van der Waals surface area (Å²) in [7, 11) is 1.62. The van der Waals surface area contributed by atoms with Crippen LogP contribution in [0.3, 0.4) is 0 Å². The maximum Gasteiger partial charge on any atom is 0.260 e. The Morgan fingerprint density at radius 2 is 2.12 bits per heavy atom. The molecule has 2 rings (SSSR count). The zero-order valence-electron chi connectivity index (χ0n) is 10.0. The van der Waals surface area contributed by atoms with Crippen molar-refractivity contribution in [3.05, 3.63) is 40.7 Å². The Balaban J connectivity index is 2.60. The summed E-state index contributed by atoms with van der Waals surface area (Å²) in [6.45, 7) is 2.37. The highest BCUT2D eigenvalue weighted by atomic mass is 16.5. The molecule has 4 nitrogen and oxygen atoms in total. The number of fused-ring (bicyclic) bond motifs is 1. The Morgan fingerprint density at radius 3 is 2.82 bits per heavy atom. The van der Waals surface area contributed by atoms with E-state index >= 15 is 0 Å². The number of benzene rings is 1. The van der Waals surface area contributed by atoms with Gasteiger partial charge in [0, 0.05) is 12.5 Å². The molecule has 0 fully saturated rings. The van der Waals surface area contributed by atoms with Crippen LogP contribution in [0.2, 0.25) is 0 Å². The number of nitrogen functional groups attached to an aromatic ring is 1. The number of nitrogens with zero attached hydrogens (tertiary/aromatic N) is 1. The fourth-order valence-electron chi connectivity index (χ4n) is 1.84. The quantitative estimate of drug-likeness (QED) is 0.874. The third-order valence-electron chi connectivity index (χ3n) is 2.89. The molecular formula is C13H16N2O2. The van der Waals surface area contributed by atoms with Gasteiger partial charge in [-0.05, 0) is 24.4 Å². The number of methoxy groups -OCH3 is 1. The fraction of sp³-hybridized carbons (Fsp3) is 0.308. The zero-order valence-corrected chi connectivity index (χ0v) is 10.0. The van der Waals surface area contributed by atoms with Crippen molar-refractivity contribution in [1.82, 2.24) is 4.57 Å². The maximum absolute atomic E-state index is 12.2. The lowest BCUT2D eigenvalue weighted by atomic mass is 10.1. The van der Waals surface area contributed by atoms with Crippen molar-refractivity contribution < 1.29 is 4.74 Å². The monoisotopic (exact) mass is 232 g/mol. The Morgan fingerprint density at radius 1 is 1.41 bits per heavy atom. The molecule has 1 atom stereocenters. The van der Waals surface area contributed by atoms with Gasteiger partial charge in [0.1, 0.15) is 5.82 Å². The van der Waals surface area contributed by atoms with Crippen LogP contribution in [0.1, 0.15) is 6.92 Å². The lowest BCUT2D eigenvalue weighted by Crippen LogP contribution is -2.28. The van der Waals surface area contributed by atoms with Gasteiger partial charge in [-0.15, -0.1) is 0 Å². The highest BCUT2D eigenvalue weighted by Gasteiger charge is 2.09. The number of aromatic nitrogens is 1. The molecule has 0 saturated heterocycles. The van der Waals surface area contributed by atoms with Crippen LogP contribution < -0.4 is 11.3 Å². The Kier molecular flexibility index (Phi) is 3.15. The van der Waals surface area contributed by atoms with Gasteiger partial charge in [-0.1, -0.05) is 18.2 Å². The lowest BCUT2D eigenvalue weighted by Gasteiger charge is -2.15. The third kappa shape index (κ3) is 2.17. The van der Waals surface area contributed by atoms with E-state index in [9.17, 15) is 4.79 Å². The standard InChI is InChI=1S/C13H16N2O2/c1-9(17-2)8-15-12(14)7-10-5-3-4-6-11(10)13(15)16/h3-7,9H,8,14H2,1-2H3. The highest BCUT2D eigenvalue weighted by Crippen LogP contribution is 2.13. The summed E-state index contributed by atoms with van der Waals surface area (Å²) in [5, 5.41) is 1.56. The van der Waals surface area contributed by atoms with Crippen LogP contribution in [0.15, 0.2) is 35.1 Å². The zero-order chi connectivity index (χ0) is 12.4. The van der Waals surface area contributed by atoms with Crippen molar-refractivity contribution in [3.63, 3.8) is 0 Å². The maximum atomic E-state index is 12.2. The molecule has 1 heterocycles. The summed E-state index contributed by atoms with van der Waals surface area (Å²) in [6.07, 6.45) is -0.0452. The third-order valence-corrected chi connectivity index (χ3v) is 2.89. The van der Waals surface area contributed by atoms with Crippen LogP contribution in [0.25, 0.3) is 10.8 Å². The Hall–Kier alpha value is -1.81. The van der Waals surface area contributed by atoms with Gasteiger partial charge in [-0.25, -0.2) is 0 Å². The number of hydrogen-bond acceptors (Lipinski definition) is 3. The molecule has 17 heavy (non-hydrogen) atoms. The van der Waals surface area contributed by atoms with Crippen molar-refractivity contribution in [2.24, 2.45) is 0 Å². The predicted molar refractivity (Wildman–Crippen MR) is 69.1 cm³/mol. The summed E-state index contributed by atoms with van der Waals surface area (Å²) in [5.74, 6) is 0.470. The van der Waals surface area contributed by atoms with E-state index in [1.807, 2.05) is 37.3 Å². The van der Waals surface area contributed by atoms with Gasteiger partial charge in [0.05, 0.1) is 12.6 Å². The van der Waals surface area contributed by atoms with Gasteiger partial charge in [0.25, 0.3) is 5.56 Å². The molecule has 0 saturated carbocycles. The molecule has 2 N–H and O–H groups in total. The van der Waals surface area contributed by atoms with E-state index in [0.29, 0.717) is 17.7 Å². The second-order valence-corrected chi connectivity index (χ2v) is 4.12. The summed E-state index contributed by atoms with van der Waals surface area (Å²) >= 11 is 0. The van der Waals surface area contributed by atoms with Gasteiger partial charge in [-0.3, -0.25) is 9.36 Å². The summed E-state index contributed by atoms with van der Waals surface area (Å²) < 4.78 is 6.71. The molecule has 0 aliphatic heterocycles. The molecular weight excluding hydrogens is 216 g/mol. The Labute approximate surface area is 99.6 Å². The molecule has 1 aromatic heterocycles. The van der Waals surface area contributed by atoms with Crippen LogP contribution in [-0.4, -0.2) is 17.8 Å². The number of ether oxygens (including phenoxy) is 1. The van der Waals surface area contributed by atoms with Crippen LogP contribution in [0.5, 0.6) is 0 Å². The van der Waals surface area contributed by atoms with E-state index in [-0.39, 0.29) is 11.7 Å². The van der Waals surface area contributed by atoms with Crippen molar-refractivity contribution >= 4 is 16.6 Å². The molecule has 2 aromatic rings. The molecule has 0 aliphatic rings. The number of rotatable bonds is 3. The second-order valence-electron chi connectivity index (χ2n) is 4.12. The minimum atomic E-state index is -0.0653. The lowest BCUT2D eigenvalue weighted by molar-refractivity contribution is 0.103. The number of pyridine rings is 1. The number of hydrogen-bond donors (Lipinski definition) is 1. The summed E-state index contributed by atoms with van der Waals surface area (Å²) in [6, 6.07) is 9.26.